The van der Waals surface area contributed by atoms with Gasteiger partial charge in [-0.25, -0.2) is 0 Å². The molecule has 1 N–H and O–H groups in total. The van der Waals surface area contributed by atoms with Gasteiger partial charge in [0.05, 0.1) is 0 Å². The second-order valence-electron chi connectivity index (χ2n) is 7.25. The van der Waals surface area contributed by atoms with Crippen molar-refractivity contribution in [1.29, 1.82) is 0 Å². The minimum absolute atomic E-state index is 0.872. The molecule has 4 saturated carbocycles. The lowest BCUT2D eigenvalue weighted by Gasteiger charge is -2.17. The second-order valence-corrected chi connectivity index (χ2v) is 7.25. The van der Waals surface area contributed by atoms with E-state index in [1.165, 1.54) is 56.9 Å². The van der Waals surface area contributed by atoms with E-state index in [1.807, 2.05) is 0 Å². The minimum atomic E-state index is 0.872. The van der Waals surface area contributed by atoms with Gasteiger partial charge in [0.15, 0.2) is 0 Å². The van der Waals surface area contributed by atoms with Crippen molar-refractivity contribution in [2.24, 2.45) is 29.6 Å². The summed E-state index contributed by atoms with van der Waals surface area (Å²) in [5.74, 6) is 5.76. The van der Waals surface area contributed by atoms with Crippen molar-refractivity contribution in [3.63, 3.8) is 0 Å². The summed E-state index contributed by atoms with van der Waals surface area (Å²) < 4.78 is 0. The average molecular weight is 233 g/mol. The van der Waals surface area contributed by atoms with Crippen molar-refractivity contribution in [1.82, 2.24) is 5.32 Å². The van der Waals surface area contributed by atoms with Crippen molar-refractivity contribution in [2.45, 2.75) is 63.8 Å². The van der Waals surface area contributed by atoms with E-state index in [4.69, 9.17) is 0 Å². The SMILES string of the molecule is C1CCCC(NCC2C3C4CCC(C4)C23)CC1. The van der Waals surface area contributed by atoms with Gasteiger partial charge in [-0.3, -0.25) is 0 Å². The van der Waals surface area contributed by atoms with Gasteiger partial charge in [0, 0.05) is 6.04 Å². The number of hydrogen-bond acceptors (Lipinski definition) is 1. The Labute approximate surface area is 106 Å². The van der Waals surface area contributed by atoms with Crippen LogP contribution in [0.5, 0.6) is 0 Å². The monoisotopic (exact) mass is 233 g/mol. The molecule has 4 aliphatic carbocycles. The highest BCUT2D eigenvalue weighted by atomic mass is 14.9. The van der Waals surface area contributed by atoms with E-state index in [0.717, 1.165) is 23.8 Å². The first-order valence-corrected chi connectivity index (χ1v) is 8.17. The summed E-state index contributed by atoms with van der Waals surface area (Å²) in [4.78, 5) is 0. The molecule has 17 heavy (non-hydrogen) atoms. The maximum Gasteiger partial charge on any atom is 0.00671 e. The normalized spacial score (nSPS) is 49.1. The Bertz CT molecular complexity index is 263. The van der Waals surface area contributed by atoms with E-state index in [1.54, 1.807) is 19.3 Å². The van der Waals surface area contributed by atoms with Crippen molar-refractivity contribution in [2.75, 3.05) is 6.54 Å². The standard InChI is InChI=1S/C16H27N/c1-2-4-6-13(5-3-1)17-10-14-15-11-7-8-12(9-11)16(14)15/h11-17H,1-10H2. The number of fused-ring (bicyclic) bond motifs is 5. The molecule has 1 nitrogen and oxygen atoms in total. The molecule has 4 fully saturated rings. The summed E-state index contributed by atoms with van der Waals surface area (Å²) in [6.07, 6.45) is 13.6. The quantitative estimate of drug-likeness (QED) is 0.735. The maximum atomic E-state index is 3.92. The van der Waals surface area contributed by atoms with Gasteiger partial charge >= 0.3 is 0 Å². The van der Waals surface area contributed by atoms with Crippen LogP contribution in [-0.4, -0.2) is 12.6 Å². The van der Waals surface area contributed by atoms with Gasteiger partial charge in [-0.05, 0) is 68.2 Å². The third-order valence-corrected chi connectivity index (χ3v) is 6.39. The number of nitrogens with one attached hydrogen (secondary N) is 1. The van der Waals surface area contributed by atoms with E-state index < -0.39 is 0 Å². The Morgan fingerprint density at radius 2 is 1.41 bits per heavy atom. The van der Waals surface area contributed by atoms with Gasteiger partial charge in [0.25, 0.3) is 0 Å². The van der Waals surface area contributed by atoms with E-state index in [-0.39, 0.29) is 0 Å². The van der Waals surface area contributed by atoms with Crippen molar-refractivity contribution < 1.29 is 0 Å². The van der Waals surface area contributed by atoms with E-state index in [2.05, 4.69) is 5.32 Å². The predicted molar refractivity (Wildman–Crippen MR) is 70.8 cm³/mol. The van der Waals surface area contributed by atoms with Gasteiger partial charge in [0.2, 0.25) is 0 Å². The lowest BCUT2D eigenvalue weighted by molar-refractivity contribution is 0.397. The molecule has 0 aromatic heterocycles. The predicted octanol–water partition coefficient (Wildman–Crippen LogP) is 3.59. The first-order chi connectivity index (χ1) is 8.43. The van der Waals surface area contributed by atoms with Crippen molar-refractivity contribution in [3.8, 4) is 0 Å². The molecule has 4 unspecified atom stereocenters. The fraction of sp³-hybridized carbons (Fsp3) is 1.00. The van der Waals surface area contributed by atoms with Gasteiger partial charge in [0.1, 0.15) is 0 Å². The van der Waals surface area contributed by atoms with Crippen LogP contribution in [0.15, 0.2) is 0 Å². The fourth-order valence-electron chi connectivity index (χ4n) is 5.57. The van der Waals surface area contributed by atoms with Crippen LogP contribution in [0, 0.1) is 29.6 Å². The molecule has 96 valence electrons. The van der Waals surface area contributed by atoms with E-state index >= 15 is 0 Å². The van der Waals surface area contributed by atoms with Crippen LogP contribution in [0.25, 0.3) is 0 Å². The largest absolute Gasteiger partial charge is 0.314 e. The Hall–Kier alpha value is -0.0400. The minimum Gasteiger partial charge on any atom is -0.314 e. The van der Waals surface area contributed by atoms with Gasteiger partial charge < -0.3 is 5.32 Å². The van der Waals surface area contributed by atoms with Crippen molar-refractivity contribution >= 4 is 0 Å². The van der Waals surface area contributed by atoms with Crippen LogP contribution >= 0.6 is 0 Å². The first-order valence-electron chi connectivity index (χ1n) is 8.17. The van der Waals surface area contributed by atoms with Crippen LogP contribution in [0.2, 0.25) is 0 Å². The highest BCUT2D eigenvalue weighted by molar-refractivity contribution is 5.13. The molecule has 4 rings (SSSR count). The number of rotatable bonds is 3. The van der Waals surface area contributed by atoms with Crippen molar-refractivity contribution in [3.05, 3.63) is 0 Å². The Kier molecular flexibility index (Phi) is 2.72. The lowest BCUT2D eigenvalue weighted by Crippen LogP contribution is -2.31. The van der Waals surface area contributed by atoms with Crippen LogP contribution in [-0.2, 0) is 0 Å². The third kappa shape index (κ3) is 1.85. The highest BCUT2D eigenvalue weighted by Gasteiger charge is 2.64. The summed E-state index contributed by atoms with van der Waals surface area (Å²) >= 11 is 0. The molecule has 1 heteroatoms. The molecule has 0 aromatic rings. The van der Waals surface area contributed by atoms with Crippen LogP contribution < -0.4 is 5.32 Å². The van der Waals surface area contributed by atoms with Crippen LogP contribution in [0.3, 0.4) is 0 Å². The van der Waals surface area contributed by atoms with Gasteiger partial charge in [-0.1, -0.05) is 25.7 Å². The summed E-state index contributed by atoms with van der Waals surface area (Å²) in [6, 6.07) is 0.872. The molecule has 0 radical (unpaired) electrons. The molecule has 4 atom stereocenters. The van der Waals surface area contributed by atoms with Crippen LogP contribution in [0.4, 0.5) is 0 Å². The molecule has 0 saturated heterocycles. The second kappa shape index (κ2) is 4.26. The molecular weight excluding hydrogens is 206 g/mol. The lowest BCUT2D eigenvalue weighted by atomic mass is 10.0. The summed E-state index contributed by atoms with van der Waals surface area (Å²) in [5.41, 5.74) is 0. The molecule has 0 amide bonds. The molecule has 2 bridgehead atoms. The topological polar surface area (TPSA) is 12.0 Å². The Balaban J connectivity index is 1.26. The average Bonchev–Trinajstić information content (AvgIpc) is 2.87. The molecule has 0 aromatic carbocycles. The zero-order chi connectivity index (χ0) is 11.2. The fourth-order valence-corrected chi connectivity index (χ4v) is 5.57. The molecule has 0 spiro atoms. The van der Waals surface area contributed by atoms with Crippen LogP contribution in [0.1, 0.15) is 57.8 Å². The molecule has 0 aliphatic heterocycles. The third-order valence-electron chi connectivity index (χ3n) is 6.39. The summed E-state index contributed by atoms with van der Waals surface area (Å²) in [5, 5.41) is 3.92. The van der Waals surface area contributed by atoms with Gasteiger partial charge in [-0.15, -0.1) is 0 Å². The van der Waals surface area contributed by atoms with E-state index in [9.17, 15) is 0 Å². The summed E-state index contributed by atoms with van der Waals surface area (Å²) in [6.45, 7) is 1.37. The summed E-state index contributed by atoms with van der Waals surface area (Å²) in [7, 11) is 0. The highest BCUT2D eigenvalue weighted by Crippen LogP contribution is 2.69. The number of hydrogen-bond donors (Lipinski definition) is 1. The maximum absolute atomic E-state index is 3.92. The smallest absolute Gasteiger partial charge is 0.00671 e. The first kappa shape index (κ1) is 10.8. The zero-order valence-electron chi connectivity index (χ0n) is 11.0. The zero-order valence-corrected chi connectivity index (χ0v) is 11.0. The molecule has 4 aliphatic rings. The Morgan fingerprint density at radius 3 is 2.06 bits per heavy atom. The molecular formula is C16H27N. The van der Waals surface area contributed by atoms with E-state index in [0.29, 0.717) is 0 Å². The molecule has 0 heterocycles. The Morgan fingerprint density at radius 1 is 0.765 bits per heavy atom. The van der Waals surface area contributed by atoms with Gasteiger partial charge in [-0.2, -0.15) is 0 Å².